The van der Waals surface area contributed by atoms with E-state index in [4.69, 9.17) is 4.74 Å². The molecule has 0 aromatic carbocycles. The minimum atomic E-state index is -0.984. The average Bonchev–Trinajstić information content (AvgIpc) is 2.62. The van der Waals surface area contributed by atoms with E-state index in [9.17, 15) is 15.0 Å². The van der Waals surface area contributed by atoms with Crippen LogP contribution in [0.5, 0.6) is 0 Å². The van der Waals surface area contributed by atoms with Crippen LogP contribution in [0.25, 0.3) is 0 Å². The summed E-state index contributed by atoms with van der Waals surface area (Å²) in [4.78, 5) is 12.5. The van der Waals surface area contributed by atoms with Gasteiger partial charge in [0.2, 0.25) is 0 Å². The van der Waals surface area contributed by atoms with E-state index in [1.165, 1.54) is 0 Å². The van der Waals surface area contributed by atoms with E-state index < -0.39 is 23.7 Å². The van der Waals surface area contributed by atoms with Crippen LogP contribution in [0.2, 0.25) is 0 Å². The number of rotatable bonds is 11. The predicted octanol–water partition coefficient (Wildman–Crippen LogP) is 5.37. The molecule has 6 atom stereocenters. The van der Waals surface area contributed by atoms with Gasteiger partial charge < -0.3 is 14.9 Å². The molecule has 2 N–H and O–H groups in total. The fraction of sp³-hybridized carbons (Fsp3) is 0.875. The lowest BCUT2D eigenvalue weighted by Gasteiger charge is -2.39. The van der Waals surface area contributed by atoms with Crippen LogP contribution < -0.4 is 0 Å². The number of aliphatic hydroxyl groups excluding tert-OH is 2. The van der Waals surface area contributed by atoms with E-state index in [2.05, 4.69) is 34.6 Å². The molecule has 0 amide bonds. The van der Waals surface area contributed by atoms with E-state index >= 15 is 0 Å². The normalized spacial score (nSPS) is 20.1. The van der Waals surface area contributed by atoms with Crippen molar-refractivity contribution in [2.75, 3.05) is 0 Å². The third kappa shape index (κ3) is 7.18. The van der Waals surface area contributed by atoms with Gasteiger partial charge in [-0.2, -0.15) is 0 Å². The van der Waals surface area contributed by atoms with E-state index in [1.54, 1.807) is 0 Å². The maximum Gasteiger partial charge on any atom is 0.309 e. The molecule has 0 saturated heterocycles. The number of hydrogen-bond acceptors (Lipinski definition) is 4. The van der Waals surface area contributed by atoms with E-state index in [0.29, 0.717) is 11.5 Å². The topological polar surface area (TPSA) is 66.8 Å². The molecule has 0 aliphatic rings. The first-order valence-corrected chi connectivity index (χ1v) is 10.9. The van der Waals surface area contributed by atoms with Crippen molar-refractivity contribution in [3.63, 3.8) is 0 Å². The zero-order valence-corrected chi connectivity index (χ0v) is 20.2. The van der Waals surface area contributed by atoms with Gasteiger partial charge in [0, 0.05) is 0 Å². The molecule has 0 saturated carbocycles. The maximum atomic E-state index is 12.5. The number of esters is 1. The third-order valence-corrected chi connectivity index (χ3v) is 6.98. The van der Waals surface area contributed by atoms with Crippen molar-refractivity contribution in [3.8, 4) is 0 Å². The summed E-state index contributed by atoms with van der Waals surface area (Å²) in [5.74, 6) is 0.690. The molecule has 0 rings (SSSR count). The molecule has 166 valence electrons. The number of carbonyl (C=O) groups excluding carboxylic acids is 1. The second kappa shape index (κ2) is 11.3. The highest BCUT2D eigenvalue weighted by molar-refractivity contribution is 5.72. The summed E-state index contributed by atoms with van der Waals surface area (Å²) in [6.07, 6.45) is -0.393. The summed E-state index contributed by atoms with van der Waals surface area (Å²) < 4.78 is 5.69. The molecule has 0 aliphatic carbocycles. The van der Waals surface area contributed by atoms with Gasteiger partial charge in [-0.1, -0.05) is 61.8 Å². The fourth-order valence-corrected chi connectivity index (χ4v) is 3.57. The molecule has 0 heterocycles. The Kier molecular flexibility index (Phi) is 11.0. The van der Waals surface area contributed by atoms with Gasteiger partial charge in [0.1, 0.15) is 12.2 Å². The van der Waals surface area contributed by atoms with Crippen molar-refractivity contribution < 1.29 is 19.7 Å². The molecule has 0 radical (unpaired) electrons. The minimum Gasteiger partial charge on any atom is -0.458 e. The molecule has 0 fully saturated rings. The van der Waals surface area contributed by atoms with Crippen LogP contribution in [0.4, 0.5) is 0 Å². The molecule has 0 aromatic rings. The molecule has 4 nitrogen and oxygen atoms in total. The van der Waals surface area contributed by atoms with Gasteiger partial charge in [0.05, 0.1) is 12.0 Å². The SMILES string of the molecule is CC[C@H](C)C(C)(C)[C@@H](O)[C@@H](O)/C(C)=C(\C)C(C)OC(=O)C(C)[C@@H](C)CC(C)C. The van der Waals surface area contributed by atoms with Crippen LogP contribution >= 0.6 is 0 Å². The second-order valence-corrected chi connectivity index (χ2v) is 9.86. The molecular formula is C24H46O4. The summed E-state index contributed by atoms with van der Waals surface area (Å²) in [5, 5.41) is 21.6. The predicted molar refractivity (Wildman–Crippen MR) is 117 cm³/mol. The third-order valence-electron chi connectivity index (χ3n) is 6.98. The first kappa shape index (κ1) is 27.1. The molecule has 4 heteroatoms. The summed E-state index contributed by atoms with van der Waals surface area (Å²) >= 11 is 0. The Hall–Kier alpha value is -0.870. The molecular weight excluding hydrogens is 352 g/mol. The molecule has 0 aromatic heterocycles. The summed E-state index contributed by atoms with van der Waals surface area (Å²) in [5.41, 5.74) is 1.05. The first-order chi connectivity index (χ1) is 12.7. The van der Waals surface area contributed by atoms with Gasteiger partial charge in [-0.25, -0.2) is 0 Å². The van der Waals surface area contributed by atoms with Crippen LogP contribution in [-0.2, 0) is 9.53 Å². The summed E-state index contributed by atoms with van der Waals surface area (Å²) in [7, 11) is 0. The van der Waals surface area contributed by atoms with Crippen LogP contribution in [0.1, 0.15) is 89.0 Å². The van der Waals surface area contributed by atoms with E-state index in [1.807, 2.05) is 41.5 Å². The van der Waals surface area contributed by atoms with Crippen molar-refractivity contribution in [3.05, 3.63) is 11.1 Å². The Labute approximate surface area is 173 Å². The zero-order chi connectivity index (χ0) is 22.4. The molecule has 0 bridgehead atoms. The fourth-order valence-electron chi connectivity index (χ4n) is 3.57. The standard InChI is InChI=1S/C24H46O4/c1-12-16(5)24(10,11)22(26)21(25)19(8)18(7)20(9)28-23(27)17(6)15(4)13-14(2)3/h14-17,20-22,25-26H,12-13H2,1-11H3/b19-18+/t15-,16-,17?,20?,21-,22-/m0/s1. The van der Waals surface area contributed by atoms with E-state index in [-0.39, 0.29) is 23.7 Å². The Bertz CT molecular complexity index is 521. The van der Waals surface area contributed by atoms with Gasteiger partial charge >= 0.3 is 5.97 Å². The number of ether oxygens (including phenoxy) is 1. The van der Waals surface area contributed by atoms with Gasteiger partial charge in [0.25, 0.3) is 0 Å². The van der Waals surface area contributed by atoms with E-state index in [0.717, 1.165) is 18.4 Å². The number of hydrogen-bond donors (Lipinski definition) is 2. The quantitative estimate of drug-likeness (QED) is 0.363. The van der Waals surface area contributed by atoms with Crippen LogP contribution in [0.3, 0.4) is 0 Å². The Morgan fingerprint density at radius 2 is 1.46 bits per heavy atom. The lowest BCUT2D eigenvalue weighted by Crippen LogP contribution is -2.44. The second-order valence-electron chi connectivity index (χ2n) is 9.86. The lowest BCUT2D eigenvalue weighted by atomic mass is 9.71. The lowest BCUT2D eigenvalue weighted by molar-refractivity contribution is -0.153. The molecule has 0 aliphatic heterocycles. The zero-order valence-electron chi connectivity index (χ0n) is 20.2. The van der Waals surface area contributed by atoms with Crippen LogP contribution in [0, 0.1) is 29.1 Å². The molecule has 0 spiro atoms. The minimum absolute atomic E-state index is 0.169. The highest BCUT2D eigenvalue weighted by atomic mass is 16.5. The summed E-state index contributed by atoms with van der Waals surface area (Å²) in [6, 6.07) is 0. The van der Waals surface area contributed by atoms with Gasteiger partial charge in [0.15, 0.2) is 0 Å². The monoisotopic (exact) mass is 398 g/mol. The van der Waals surface area contributed by atoms with Crippen molar-refractivity contribution in [2.45, 2.75) is 107 Å². The highest BCUT2D eigenvalue weighted by Gasteiger charge is 2.38. The van der Waals surface area contributed by atoms with Gasteiger partial charge in [-0.15, -0.1) is 0 Å². The first-order valence-electron chi connectivity index (χ1n) is 10.9. The average molecular weight is 399 g/mol. The van der Waals surface area contributed by atoms with Gasteiger partial charge in [-0.3, -0.25) is 4.79 Å². The number of aliphatic hydroxyl groups is 2. The molecule has 28 heavy (non-hydrogen) atoms. The smallest absolute Gasteiger partial charge is 0.309 e. The Morgan fingerprint density at radius 1 is 0.964 bits per heavy atom. The van der Waals surface area contributed by atoms with Crippen molar-refractivity contribution in [2.24, 2.45) is 29.1 Å². The maximum absolute atomic E-state index is 12.5. The highest BCUT2D eigenvalue weighted by Crippen LogP contribution is 2.36. The molecule has 2 unspecified atom stereocenters. The van der Waals surface area contributed by atoms with Crippen LogP contribution in [-0.4, -0.2) is 34.5 Å². The van der Waals surface area contributed by atoms with Gasteiger partial charge in [-0.05, 0) is 61.5 Å². The van der Waals surface area contributed by atoms with Crippen molar-refractivity contribution in [1.82, 2.24) is 0 Å². The Balaban J connectivity index is 5.23. The summed E-state index contributed by atoms with van der Waals surface area (Å²) in [6.45, 7) is 22.0. The van der Waals surface area contributed by atoms with Crippen molar-refractivity contribution >= 4 is 5.97 Å². The van der Waals surface area contributed by atoms with Crippen molar-refractivity contribution in [1.29, 1.82) is 0 Å². The Morgan fingerprint density at radius 3 is 1.89 bits per heavy atom. The number of carbonyl (C=O) groups is 1. The van der Waals surface area contributed by atoms with Crippen LogP contribution in [0.15, 0.2) is 11.1 Å². The largest absolute Gasteiger partial charge is 0.458 e.